The van der Waals surface area contributed by atoms with Gasteiger partial charge in [-0.05, 0) is 55.0 Å². The first kappa shape index (κ1) is 24.7. The van der Waals surface area contributed by atoms with Crippen LogP contribution >= 0.6 is 0 Å². The van der Waals surface area contributed by atoms with Crippen molar-refractivity contribution in [2.75, 3.05) is 31.7 Å². The van der Waals surface area contributed by atoms with Gasteiger partial charge in [0.2, 0.25) is 5.75 Å². The fourth-order valence-electron chi connectivity index (χ4n) is 4.34. The molecule has 0 radical (unpaired) electrons. The van der Waals surface area contributed by atoms with Crippen molar-refractivity contribution in [3.05, 3.63) is 78.2 Å². The van der Waals surface area contributed by atoms with E-state index < -0.39 is 0 Å². The maximum atomic E-state index is 13.2. The molecule has 1 aromatic heterocycles. The summed E-state index contributed by atoms with van der Waals surface area (Å²) in [5.41, 5.74) is 2.03. The number of urea groups is 1. The Morgan fingerprint density at radius 3 is 2.46 bits per heavy atom. The number of halogens is 1. The number of amides is 2. The highest BCUT2D eigenvalue weighted by Crippen LogP contribution is 2.48. The van der Waals surface area contributed by atoms with Crippen LogP contribution in [0.1, 0.15) is 18.5 Å². The third-order valence-electron chi connectivity index (χ3n) is 6.40. The Kier molecular flexibility index (Phi) is 6.76. The first-order valence-corrected chi connectivity index (χ1v) is 12.6. The Balaban J connectivity index is 1.17. The van der Waals surface area contributed by atoms with E-state index in [0.717, 1.165) is 5.56 Å². The highest BCUT2D eigenvalue weighted by molar-refractivity contribution is 5.95. The lowest BCUT2D eigenvalue weighted by Crippen LogP contribution is -2.38. The van der Waals surface area contributed by atoms with Crippen molar-refractivity contribution >= 4 is 22.6 Å². The number of pyridine rings is 1. The summed E-state index contributed by atoms with van der Waals surface area (Å²) >= 11 is 0. The number of aromatic nitrogens is 1. The Hall–Kier alpha value is -4.57. The van der Waals surface area contributed by atoms with Gasteiger partial charge >= 0.3 is 6.03 Å². The number of hydrogen-bond donors (Lipinski definition) is 2. The number of nitrogens with one attached hydrogen (secondary N) is 2. The molecule has 200 valence electrons. The second-order valence-electron chi connectivity index (χ2n) is 9.21. The van der Waals surface area contributed by atoms with Gasteiger partial charge < -0.3 is 34.3 Å². The van der Waals surface area contributed by atoms with Gasteiger partial charge in [0.15, 0.2) is 11.5 Å². The average Bonchev–Trinajstić information content (AvgIpc) is 2.92. The van der Waals surface area contributed by atoms with Crippen LogP contribution in [0.4, 0.5) is 14.9 Å². The third kappa shape index (κ3) is 5.37. The van der Waals surface area contributed by atoms with E-state index >= 15 is 0 Å². The fraction of sp³-hybridized carbons (Fsp3) is 0.241. The van der Waals surface area contributed by atoms with E-state index in [-0.39, 0.29) is 24.0 Å². The number of carbonyl (C=O) groups excluding carboxylic acids is 1. The number of hydrogen-bond acceptors (Lipinski definition) is 7. The van der Waals surface area contributed by atoms with Crippen LogP contribution in [0.3, 0.4) is 0 Å². The molecule has 10 heteroatoms. The molecule has 39 heavy (non-hydrogen) atoms. The standard InChI is InChI=1S/C29H26FN3O6/c1-17(18-2-4-19(30)5-3-18)32-29(34)33-20-6-8-21(9-7-20)38-24-10-11-31-23-14-25(39-22-15-35-16-22)27-28(26(23)24)37-13-12-36-27/h2-11,14,17,22H,12-13,15-16H2,1H3,(H2,32,33,34)/t17-/m0/s1. The SMILES string of the molecule is C[C@H](NC(=O)Nc1ccc(Oc2ccnc3cc(OC4COC4)c4c(c23)OCCO4)cc1)c1ccc(F)cc1. The molecule has 2 aliphatic rings. The summed E-state index contributed by atoms with van der Waals surface area (Å²) in [6.07, 6.45) is 1.63. The molecular weight excluding hydrogens is 505 g/mol. The number of carbonyl (C=O) groups is 1. The number of rotatable bonds is 7. The van der Waals surface area contributed by atoms with Crippen molar-refractivity contribution < 1.29 is 32.9 Å². The highest BCUT2D eigenvalue weighted by atomic mass is 19.1. The van der Waals surface area contributed by atoms with Crippen LogP contribution in [0.2, 0.25) is 0 Å². The van der Waals surface area contributed by atoms with E-state index in [0.29, 0.717) is 71.8 Å². The molecule has 4 aromatic rings. The van der Waals surface area contributed by atoms with Gasteiger partial charge in [-0.3, -0.25) is 4.98 Å². The molecule has 3 aromatic carbocycles. The van der Waals surface area contributed by atoms with Gasteiger partial charge in [0, 0.05) is 18.0 Å². The van der Waals surface area contributed by atoms with E-state index in [1.165, 1.54) is 12.1 Å². The average molecular weight is 532 g/mol. The lowest BCUT2D eigenvalue weighted by molar-refractivity contribution is -0.0807. The summed E-state index contributed by atoms with van der Waals surface area (Å²) < 4.78 is 42.5. The minimum absolute atomic E-state index is 0.0307. The predicted octanol–water partition coefficient (Wildman–Crippen LogP) is 5.60. The molecule has 1 saturated heterocycles. The molecule has 2 aliphatic heterocycles. The normalized spacial score (nSPS) is 15.2. The van der Waals surface area contributed by atoms with Gasteiger partial charge in [0.25, 0.3) is 0 Å². The number of anilines is 1. The molecule has 9 nitrogen and oxygen atoms in total. The van der Waals surface area contributed by atoms with Crippen LogP contribution in [0.5, 0.6) is 28.7 Å². The van der Waals surface area contributed by atoms with Gasteiger partial charge in [0.05, 0.1) is 30.2 Å². The molecule has 0 spiro atoms. The summed E-state index contributed by atoms with van der Waals surface area (Å²) in [6, 6.07) is 15.9. The van der Waals surface area contributed by atoms with E-state index in [9.17, 15) is 9.18 Å². The minimum Gasteiger partial charge on any atom is -0.485 e. The van der Waals surface area contributed by atoms with E-state index in [1.54, 1.807) is 48.7 Å². The zero-order valence-corrected chi connectivity index (χ0v) is 21.1. The first-order chi connectivity index (χ1) is 19.0. The Morgan fingerprint density at radius 1 is 1.00 bits per heavy atom. The number of nitrogens with zero attached hydrogens (tertiary/aromatic N) is 1. The van der Waals surface area contributed by atoms with E-state index in [2.05, 4.69) is 15.6 Å². The van der Waals surface area contributed by atoms with Crippen molar-refractivity contribution in [1.29, 1.82) is 0 Å². The second kappa shape index (κ2) is 10.7. The lowest BCUT2D eigenvalue weighted by atomic mass is 10.1. The van der Waals surface area contributed by atoms with Crippen molar-refractivity contribution in [3.63, 3.8) is 0 Å². The van der Waals surface area contributed by atoms with E-state index in [4.69, 9.17) is 23.7 Å². The maximum absolute atomic E-state index is 13.2. The van der Waals surface area contributed by atoms with Gasteiger partial charge in [0.1, 0.15) is 36.6 Å². The summed E-state index contributed by atoms with van der Waals surface area (Å²) in [4.78, 5) is 17.0. The van der Waals surface area contributed by atoms with Gasteiger partial charge in [-0.1, -0.05) is 12.1 Å². The molecule has 0 aliphatic carbocycles. The first-order valence-electron chi connectivity index (χ1n) is 12.6. The molecule has 3 heterocycles. The van der Waals surface area contributed by atoms with Crippen LogP contribution in [0.15, 0.2) is 66.9 Å². The highest BCUT2D eigenvalue weighted by Gasteiger charge is 2.28. The van der Waals surface area contributed by atoms with Crippen LogP contribution in [-0.4, -0.2) is 43.5 Å². The Morgan fingerprint density at radius 2 is 1.74 bits per heavy atom. The number of benzene rings is 3. The maximum Gasteiger partial charge on any atom is 0.319 e. The monoisotopic (exact) mass is 531 g/mol. The predicted molar refractivity (Wildman–Crippen MR) is 141 cm³/mol. The van der Waals surface area contributed by atoms with Crippen molar-refractivity contribution in [2.45, 2.75) is 19.1 Å². The van der Waals surface area contributed by atoms with Crippen LogP contribution in [-0.2, 0) is 4.74 Å². The zero-order chi connectivity index (χ0) is 26.8. The van der Waals surface area contributed by atoms with Gasteiger partial charge in [-0.25, -0.2) is 9.18 Å². The van der Waals surface area contributed by atoms with E-state index in [1.807, 2.05) is 13.0 Å². The third-order valence-corrected chi connectivity index (χ3v) is 6.40. The molecule has 2 N–H and O–H groups in total. The topological polar surface area (TPSA) is 100 Å². The van der Waals surface area contributed by atoms with Crippen LogP contribution in [0.25, 0.3) is 10.9 Å². The van der Waals surface area contributed by atoms with Crippen LogP contribution in [0, 0.1) is 5.82 Å². The Labute approximate surface area is 223 Å². The number of ether oxygens (including phenoxy) is 5. The zero-order valence-electron chi connectivity index (χ0n) is 21.1. The van der Waals surface area contributed by atoms with Gasteiger partial charge in [-0.15, -0.1) is 0 Å². The van der Waals surface area contributed by atoms with Crippen molar-refractivity contribution in [1.82, 2.24) is 10.3 Å². The second-order valence-corrected chi connectivity index (χ2v) is 9.21. The van der Waals surface area contributed by atoms with Crippen molar-refractivity contribution in [2.24, 2.45) is 0 Å². The summed E-state index contributed by atoms with van der Waals surface area (Å²) in [5.74, 6) is 2.41. The van der Waals surface area contributed by atoms with Crippen molar-refractivity contribution in [3.8, 4) is 28.7 Å². The quantitative estimate of drug-likeness (QED) is 0.320. The molecule has 0 bridgehead atoms. The summed E-state index contributed by atoms with van der Waals surface area (Å²) in [7, 11) is 0. The molecule has 0 unspecified atom stereocenters. The fourth-order valence-corrected chi connectivity index (χ4v) is 4.34. The minimum atomic E-state index is -0.379. The largest absolute Gasteiger partial charge is 0.485 e. The molecule has 1 fully saturated rings. The summed E-state index contributed by atoms with van der Waals surface area (Å²) in [5, 5.41) is 6.32. The lowest BCUT2D eigenvalue weighted by Gasteiger charge is -2.29. The molecule has 1 atom stereocenters. The van der Waals surface area contributed by atoms with Gasteiger partial charge in [-0.2, -0.15) is 0 Å². The number of fused-ring (bicyclic) bond motifs is 3. The Bertz CT molecular complexity index is 1490. The molecule has 6 rings (SSSR count). The molecule has 0 saturated carbocycles. The smallest absolute Gasteiger partial charge is 0.319 e. The molecule has 2 amide bonds. The summed E-state index contributed by atoms with van der Waals surface area (Å²) in [6.45, 7) is 3.70. The molecular formula is C29H26FN3O6. The van der Waals surface area contributed by atoms with Crippen LogP contribution < -0.4 is 29.6 Å².